The average Bonchev–Trinajstić information content (AvgIpc) is 2.72. The summed E-state index contributed by atoms with van der Waals surface area (Å²) in [6.07, 6.45) is 3.75. The first kappa shape index (κ1) is 13.0. The molecule has 6 heteroatoms. The fraction of sp³-hybridized carbons (Fsp3) is 0.636. The van der Waals surface area contributed by atoms with Gasteiger partial charge in [-0.3, -0.25) is 0 Å². The lowest BCUT2D eigenvalue weighted by atomic mass is 9.76. The van der Waals surface area contributed by atoms with Crippen LogP contribution < -0.4 is 4.72 Å². The lowest BCUT2D eigenvalue weighted by molar-refractivity contribution is 0.214. The SMILES string of the molecule is CCC1(NS(=O)(=O)c2ccc(CO)s2)CCC1. The molecule has 0 aliphatic heterocycles. The van der Waals surface area contributed by atoms with E-state index in [1.807, 2.05) is 6.92 Å². The van der Waals surface area contributed by atoms with E-state index in [-0.39, 0.29) is 12.1 Å². The van der Waals surface area contributed by atoms with E-state index in [9.17, 15) is 8.42 Å². The Morgan fingerprint density at radius 1 is 1.47 bits per heavy atom. The van der Waals surface area contributed by atoms with E-state index in [0.29, 0.717) is 9.09 Å². The molecule has 1 aromatic heterocycles. The number of aliphatic hydroxyl groups excluding tert-OH is 1. The molecular formula is C11H17NO3S2. The molecule has 4 nitrogen and oxygen atoms in total. The maximum Gasteiger partial charge on any atom is 0.250 e. The van der Waals surface area contributed by atoms with Crippen molar-refractivity contribution in [2.24, 2.45) is 0 Å². The highest BCUT2D eigenvalue weighted by Gasteiger charge is 2.39. The summed E-state index contributed by atoms with van der Waals surface area (Å²) in [5, 5.41) is 8.95. The number of hydrogen-bond donors (Lipinski definition) is 2. The molecule has 0 saturated heterocycles. The van der Waals surface area contributed by atoms with E-state index in [2.05, 4.69) is 4.72 Å². The van der Waals surface area contributed by atoms with Gasteiger partial charge in [-0.25, -0.2) is 13.1 Å². The number of rotatable bonds is 5. The Morgan fingerprint density at radius 3 is 2.59 bits per heavy atom. The van der Waals surface area contributed by atoms with E-state index in [1.54, 1.807) is 12.1 Å². The van der Waals surface area contributed by atoms with Gasteiger partial charge in [0.25, 0.3) is 10.0 Å². The largest absolute Gasteiger partial charge is 0.391 e. The number of hydrogen-bond acceptors (Lipinski definition) is 4. The number of thiophene rings is 1. The van der Waals surface area contributed by atoms with Gasteiger partial charge in [0.1, 0.15) is 4.21 Å². The molecule has 0 radical (unpaired) electrons. The van der Waals surface area contributed by atoms with Crippen molar-refractivity contribution in [3.63, 3.8) is 0 Å². The molecule has 2 N–H and O–H groups in total. The maximum absolute atomic E-state index is 12.1. The molecule has 0 amide bonds. The topological polar surface area (TPSA) is 66.4 Å². The smallest absolute Gasteiger partial charge is 0.250 e. The Balaban J connectivity index is 2.18. The summed E-state index contributed by atoms with van der Waals surface area (Å²) >= 11 is 1.13. The second-order valence-electron chi connectivity index (χ2n) is 4.47. The summed E-state index contributed by atoms with van der Waals surface area (Å²) in [6, 6.07) is 3.21. The van der Waals surface area contributed by atoms with Gasteiger partial charge in [0.05, 0.1) is 6.61 Å². The molecule has 1 aliphatic carbocycles. The second-order valence-corrected chi connectivity index (χ2v) is 7.55. The van der Waals surface area contributed by atoms with Crippen LogP contribution in [0.25, 0.3) is 0 Å². The molecular weight excluding hydrogens is 258 g/mol. The number of sulfonamides is 1. The first-order chi connectivity index (χ1) is 8.01. The predicted molar refractivity (Wildman–Crippen MR) is 67.4 cm³/mol. The Bertz CT molecular complexity index is 483. The van der Waals surface area contributed by atoms with Crippen LogP contribution in [0.15, 0.2) is 16.3 Å². The highest BCUT2D eigenvalue weighted by atomic mass is 32.2. The highest BCUT2D eigenvalue weighted by molar-refractivity contribution is 7.91. The Morgan fingerprint density at radius 2 is 2.18 bits per heavy atom. The molecule has 0 aromatic carbocycles. The van der Waals surface area contributed by atoms with Gasteiger partial charge in [-0.1, -0.05) is 6.92 Å². The molecule has 96 valence electrons. The summed E-state index contributed by atoms with van der Waals surface area (Å²) in [7, 11) is -3.42. The fourth-order valence-electron chi connectivity index (χ4n) is 2.05. The van der Waals surface area contributed by atoms with Crippen molar-refractivity contribution in [3.05, 3.63) is 17.0 Å². The van der Waals surface area contributed by atoms with Crippen molar-refractivity contribution in [1.82, 2.24) is 4.72 Å². The van der Waals surface area contributed by atoms with Crippen LogP contribution in [-0.4, -0.2) is 19.1 Å². The van der Waals surface area contributed by atoms with Gasteiger partial charge in [0, 0.05) is 10.4 Å². The van der Waals surface area contributed by atoms with Crippen LogP contribution in [-0.2, 0) is 16.6 Å². The molecule has 2 rings (SSSR count). The molecule has 0 spiro atoms. The van der Waals surface area contributed by atoms with Crippen molar-refractivity contribution in [2.45, 2.75) is 49.0 Å². The van der Waals surface area contributed by atoms with Crippen LogP contribution in [0.1, 0.15) is 37.5 Å². The first-order valence-corrected chi connectivity index (χ1v) is 8.05. The van der Waals surface area contributed by atoms with Crippen molar-refractivity contribution in [2.75, 3.05) is 0 Å². The Kier molecular flexibility index (Phi) is 3.58. The molecule has 1 aliphatic rings. The van der Waals surface area contributed by atoms with Crippen LogP contribution in [0.4, 0.5) is 0 Å². The van der Waals surface area contributed by atoms with Gasteiger partial charge < -0.3 is 5.11 Å². The molecule has 17 heavy (non-hydrogen) atoms. The lowest BCUT2D eigenvalue weighted by Gasteiger charge is -2.41. The third-order valence-corrected chi connectivity index (χ3v) is 6.54. The monoisotopic (exact) mass is 275 g/mol. The molecule has 0 atom stereocenters. The van der Waals surface area contributed by atoms with Gasteiger partial charge in [0.2, 0.25) is 0 Å². The molecule has 1 saturated carbocycles. The van der Waals surface area contributed by atoms with Gasteiger partial charge in [-0.05, 0) is 37.8 Å². The van der Waals surface area contributed by atoms with E-state index < -0.39 is 10.0 Å². The summed E-state index contributed by atoms with van der Waals surface area (Å²) in [5.74, 6) is 0. The zero-order chi connectivity index (χ0) is 12.5. The van der Waals surface area contributed by atoms with Crippen molar-refractivity contribution < 1.29 is 13.5 Å². The summed E-state index contributed by atoms with van der Waals surface area (Å²) in [5.41, 5.74) is -0.234. The summed E-state index contributed by atoms with van der Waals surface area (Å²) in [4.78, 5) is 0.671. The summed E-state index contributed by atoms with van der Waals surface area (Å²) in [6.45, 7) is 1.90. The number of aliphatic hydroxyl groups is 1. The van der Waals surface area contributed by atoms with E-state index in [1.165, 1.54) is 0 Å². The normalized spacial score (nSPS) is 18.9. The van der Waals surface area contributed by atoms with E-state index in [0.717, 1.165) is 37.0 Å². The van der Waals surface area contributed by atoms with Crippen molar-refractivity contribution >= 4 is 21.4 Å². The van der Waals surface area contributed by atoms with E-state index in [4.69, 9.17) is 5.11 Å². The minimum Gasteiger partial charge on any atom is -0.391 e. The third kappa shape index (κ3) is 2.54. The van der Waals surface area contributed by atoms with Gasteiger partial charge in [-0.15, -0.1) is 11.3 Å². The standard InChI is InChI=1S/C11H17NO3S2/c1-2-11(6-3-7-11)12-17(14,15)10-5-4-9(8-13)16-10/h4-5,12-13H,2-3,6-8H2,1H3. The van der Waals surface area contributed by atoms with Crippen molar-refractivity contribution in [3.8, 4) is 0 Å². The maximum atomic E-state index is 12.1. The average molecular weight is 275 g/mol. The Labute approximate surface area is 106 Å². The van der Waals surface area contributed by atoms with Crippen LogP contribution in [0.2, 0.25) is 0 Å². The van der Waals surface area contributed by atoms with Gasteiger partial charge in [-0.2, -0.15) is 0 Å². The van der Waals surface area contributed by atoms with Crippen LogP contribution in [0, 0.1) is 0 Å². The van der Waals surface area contributed by atoms with Crippen molar-refractivity contribution in [1.29, 1.82) is 0 Å². The quantitative estimate of drug-likeness (QED) is 0.862. The van der Waals surface area contributed by atoms with Gasteiger partial charge >= 0.3 is 0 Å². The molecule has 1 heterocycles. The first-order valence-electron chi connectivity index (χ1n) is 5.75. The minimum absolute atomic E-state index is 0.112. The predicted octanol–water partition coefficient (Wildman–Crippen LogP) is 1.85. The molecule has 1 fully saturated rings. The lowest BCUT2D eigenvalue weighted by Crippen LogP contribution is -2.52. The minimum atomic E-state index is -3.42. The Hall–Kier alpha value is -0.430. The third-order valence-electron chi connectivity index (χ3n) is 3.40. The molecule has 0 unspecified atom stereocenters. The van der Waals surface area contributed by atoms with Gasteiger partial charge in [0.15, 0.2) is 0 Å². The zero-order valence-electron chi connectivity index (χ0n) is 9.77. The molecule has 1 aromatic rings. The zero-order valence-corrected chi connectivity index (χ0v) is 11.4. The highest BCUT2D eigenvalue weighted by Crippen LogP contribution is 2.36. The summed E-state index contributed by atoms with van der Waals surface area (Å²) < 4.78 is 27.4. The fourth-order valence-corrected chi connectivity index (χ4v) is 4.80. The van der Waals surface area contributed by atoms with Crippen LogP contribution in [0.3, 0.4) is 0 Å². The number of nitrogens with one attached hydrogen (secondary N) is 1. The molecule has 0 bridgehead atoms. The van der Waals surface area contributed by atoms with E-state index >= 15 is 0 Å². The van der Waals surface area contributed by atoms with Crippen LogP contribution in [0.5, 0.6) is 0 Å². The van der Waals surface area contributed by atoms with Crippen LogP contribution >= 0.6 is 11.3 Å². The second kappa shape index (κ2) is 4.68.